The third-order valence-corrected chi connectivity index (χ3v) is 4.94. The van der Waals surface area contributed by atoms with Crippen molar-refractivity contribution in [3.8, 4) is 5.75 Å². The number of ether oxygens (including phenoxy) is 2. The Bertz CT molecular complexity index is 675. The largest absolute Gasteiger partial charge is 0.486 e. The first-order valence-corrected chi connectivity index (χ1v) is 9.39. The minimum Gasteiger partial charge on any atom is -0.486 e. The van der Waals surface area contributed by atoms with Gasteiger partial charge in [-0.05, 0) is 37.6 Å². The minimum absolute atomic E-state index is 0.0242. The van der Waals surface area contributed by atoms with Crippen LogP contribution in [0.5, 0.6) is 5.75 Å². The average molecular weight is 383 g/mol. The highest BCUT2D eigenvalue weighted by Crippen LogP contribution is 2.19. The van der Waals surface area contributed by atoms with Gasteiger partial charge in [0.2, 0.25) is 5.91 Å². The van der Waals surface area contributed by atoms with Crippen LogP contribution in [0.1, 0.15) is 31.0 Å². The summed E-state index contributed by atoms with van der Waals surface area (Å²) >= 11 is 7.39. The van der Waals surface area contributed by atoms with Crippen LogP contribution < -0.4 is 4.74 Å². The van der Waals surface area contributed by atoms with Crippen LogP contribution in [0.2, 0.25) is 5.02 Å². The second-order valence-corrected chi connectivity index (χ2v) is 7.07. The number of rotatable bonds is 9. The molecule has 5 nitrogen and oxygen atoms in total. The Morgan fingerprint density at radius 1 is 1.36 bits per heavy atom. The van der Waals surface area contributed by atoms with Gasteiger partial charge in [0, 0.05) is 23.6 Å². The summed E-state index contributed by atoms with van der Waals surface area (Å²) in [6, 6.07) is 7.36. The molecule has 2 rings (SSSR count). The number of amides is 1. The quantitative estimate of drug-likeness (QED) is 0.653. The molecule has 1 atom stereocenters. The lowest BCUT2D eigenvalue weighted by Crippen LogP contribution is -2.39. The van der Waals surface area contributed by atoms with Gasteiger partial charge in [-0.2, -0.15) is 0 Å². The highest BCUT2D eigenvalue weighted by atomic mass is 35.5. The average Bonchev–Trinajstić information content (AvgIpc) is 3.06. The van der Waals surface area contributed by atoms with Gasteiger partial charge in [-0.15, -0.1) is 11.3 Å². The van der Waals surface area contributed by atoms with Crippen molar-refractivity contribution in [2.75, 3.05) is 13.7 Å². The number of thiazole rings is 1. The molecule has 1 aromatic heterocycles. The molecule has 0 bridgehead atoms. The maximum absolute atomic E-state index is 12.2. The summed E-state index contributed by atoms with van der Waals surface area (Å²) in [5.74, 6) is 0.724. The molecule has 136 valence electrons. The summed E-state index contributed by atoms with van der Waals surface area (Å²) in [5, 5.41) is 3.51. The third kappa shape index (κ3) is 5.99. The Morgan fingerprint density at radius 3 is 2.72 bits per heavy atom. The Hall–Kier alpha value is -1.63. The normalized spacial score (nSPS) is 12.0. The maximum atomic E-state index is 12.2. The SMILES string of the molecule is CCC(C)N(Cc1csc(COc2ccc(Cl)cc2)n1)C(=O)COC. The number of hydrogen-bond acceptors (Lipinski definition) is 5. The lowest BCUT2D eigenvalue weighted by atomic mass is 10.2. The monoisotopic (exact) mass is 382 g/mol. The Balaban J connectivity index is 1.96. The van der Waals surface area contributed by atoms with Crippen molar-refractivity contribution in [3.63, 3.8) is 0 Å². The van der Waals surface area contributed by atoms with E-state index in [0.717, 1.165) is 22.9 Å². The Kier molecular flexibility index (Phi) is 7.68. The van der Waals surface area contributed by atoms with E-state index in [1.165, 1.54) is 18.4 Å². The second kappa shape index (κ2) is 9.75. The zero-order valence-corrected chi connectivity index (χ0v) is 16.3. The Morgan fingerprint density at radius 2 is 2.08 bits per heavy atom. The highest BCUT2D eigenvalue weighted by molar-refractivity contribution is 7.09. The molecule has 25 heavy (non-hydrogen) atoms. The van der Waals surface area contributed by atoms with Gasteiger partial charge in [0.15, 0.2) is 0 Å². The van der Waals surface area contributed by atoms with Crippen molar-refractivity contribution >= 4 is 28.8 Å². The van der Waals surface area contributed by atoms with Crippen LogP contribution in [-0.4, -0.2) is 35.5 Å². The van der Waals surface area contributed by atoms with Gasteiger partial charge in [-0.3, -0.25) is 4.79 Å². The van der Waals surface area contributed by atoms with Gasteiger partial charge in [0.1, 0.15) is 24.0 Å². The van der Waals surface area contributed by atoms with E-state index in [4.69, 9.17) is 21.1 Å². The van der Waals surface area contributed by atoms with E-state index < -0.39 is 0 Å². The van der Waals surface area contributed by atoms with Crippen LogP contribution in [0.25, 0.3) is 0 Å². The van der Waals surface area contributed by atoms with E-state index in [-0.39, 0.29) is 18.6 Å². The van der Waals surface area contributed by atoms with E-state index in [1.807, 2.05) is 29.3 Å². The molecule has 0 radical (unpaired) electrons. The molecule has 0 saturated heterocycles. The summed E-state index contributed by atoms with van der Waals surface area (Å²) in [6.07, 6.45) is 0.881. The van der Waals surface area contributed by atoms with Gasteiger partial charge in [0.05, 0.1) is 12.2 Å². The number of aromatic nitrogens is 1. The van der Waals surface area contributed by atoms with Gasteiger partial charge < -0.3 is 14.4 Å². The van der Waals surface area contributed by atoms with Crippen LogP contribution in [0.3, 0.4) is 0 Å². The predicted octanol–water partition coefficient (Wildman–Crippen LogP) is 4.15. The molecule has 1 aromatic carbocycles. The van der Waals surface area contributed by atoms with Crippen molar-refractivity contribution in [3.05, 3.63) is 45.4 Å². The van der Waals surface area contributed by atoms with Crippen LogP contribution >= 0.6 is 22.9 Å². The first-order valence-electron chi connectivity index (χ1n) is 8.13. The molecule has 1 unspecified atom stereocenters. The third-order valence-electron chi connectivity index (χ3n) is 3.82. The first-order chi connectivity index (χ1) is 12.0. The van der Waals surface area contributed by atoms with E-state index in [9.17, 15) is 4.79 Å². The second-order valence-electron chi connectivity index (χ2n) is 5.69. The number of hydrogen-bond donors (Lipinski definition) is 0. The van der Waals surface area contributed by atoms with Crippen molar-refractivity contribution < 1.29 is 14.3 Å². The lowest BCUT2D eigenvalue weighted by molar-refractivity contribution is -0.138. The fraction of sp³-hybridized carbons (Fsp3) is 0.444. The fourth-order valence-electron chi connectivity index (χ4n) is 2.25. The topological polar surface area (TPSA) is 51.7 Å². The number of halogens is 1. The van der Waals surface area contributed by atoms with Crippen LogP contribution in [0.15, 0.2) is 29.6 Å². The molecule has 7 heteroatoms. The molecule has 0 aliphatic rings. The van der Waals surface area contributed by atoms with E-state index in [1.54, 1.807) is 12.1 Å². The molecular weight excluding hydrogens is 360 g/mol. The number of benzene rings is 1. The van der Waals surface area contributed by atoms with E-state index in [0.29, 0.717) is 18.2 Å². The van der Waals surface area contributed by atoms with Gasteiger partial charge in [-0.25, -0.2) is 4.98 Å². The first kappa shape index (κ1) is 19.7. The van der Waals surface area contributed by atoms with Crippen molar-refractivity contribution in [1.82, 2.24) is 9.88 Å². The van der Waals surface area contributed by atoms with Gasteiger partial charge in [0.25, 0.3) is 0 Å². The molecule has 0 N–H and O–H groups in total. The summed E-state index contributed by atoms with van der Waals surface area (Å²) in [4.78, 5) is 18.6. The summed E-state index contributed by atoms with van der Waals surface area (Å²) in [6.45, 7) is 5.05. The van der Waals surface area contributed by atoms with Crippen LogP contribution in [0.4, 0.5) is 0 Å². The molecule has 0 spiro atoms. The number of methoxy groups -OCH3 is 1. The summed E-state index contributed by atoms with van der Waals surface area (Å²) < 4.78 is 10.7. The van der Waals surface area contributed by atoms with E-state index in [2.05, 4.69) is 11.9 Å². The molecule has 0 aliphatic carbocycles. The van der Waals surface area contributed by atoms with Crippen LogP contribution in [0, 0.1) is 0 Å². The molecule has 0 saturated carbocycles. The zero-order valence-electron chi connectivity index (χ0n) is 14.7. The number of nitrogens with zero attached hydrogens (tertiary/aromatic N) is 2. The zero-order chi connectivity index (χ0) is 18.2. The van der Waals surface area contributed by atoms with E-state index >= 15 is 0 Å². The molecule has 0 fully saturated rings. The van der Waals surface area contributed by atoms with Gasteiger partial charge >= 0.3 is 0 Å². The molecule has 1 heterocycles. The van der Waals surface area contributed by atoms with Crippen LogP contribution in [-0.2, 0) is 22.7 Å². The Labute approximate surface area is 157 Å². The van der Waals surface area contributed by atoms with Crippen molar-refractivity contribution in [2.24, 2.45) is 0 Å². The fourth-order valence-corrected chi connectivity index (χ4v) is 3.08. The van der Waals surface area contributed by atoms with Crippen molar-refractivity contribution in [2.45, 2.75) is 39.5 Å². The number of carbonyl (C=O) groups excluding carboxylic acids is 1. The molecular formula is C18H23ClN2O3S. The molecule has 0 aliphatic heterocycles. The highest BCUT2D eigenvalue weighted by Gasteiger charge is 2.20. The lowest BCUT2D eigenvalue weighted by Gasteiger charge is -2.27. The molecule has 2 aromatic rings. The maximum Gasteiger partial charge on any atom is 0.249 e. The standard InChI is InChI=1S/C18H23ClN2O3S/c1-4-13(2)21(18(22)11-23-3)9-15-12-25-17(20-15)10-24-16-7-5-14(19)6-8-16/h5-8,12-13H,4,9-11H2,1-3H3. The smallest absolute Gasteiger partial charge is 0.249 e. The van der Waals surface area contributed by atoms with Gasteiger partial charge in [-0.1, -0.05) is 18.5 Å². The number of carbonyl (C=O) groups is 1. The summed E-state index contributed by atoms with van der Waals surface area (Å²) in [7, 11) is 1.53. The predicted molar refractivity (Wildman–Crippen MR) is 100 cm³/mol. The summed E-state index contributed by atoms with van der Waals surface area (Å²) in [5.41, 5.74) is 0.865. The van der Waals surface area contributed by atoms with Crippen molar-refractivity contribution in [1.29, 1.82) is 0 Å². The molecule has 1 amide bonds. The minimum atomic E-state index is -0.0242.